The van der Waals surface area contributed by atoms with Gasteiger partial charge in [0.1, 0.15) is 0 Å². The molecule has 0 aliphatic carbocycles. The molecular weight excluding hydrogens is 178 g/mol. The van der Waals surface area contributed by atoms with Gasteiger partial charge in [0.05, 0.1) is 17.6 Å². The molecule has 0 unspecified atom stereocenters. The smallest absolute Gasteiger partial charge is 0.226 e. The Balaban J connectivity index is 2.84. The first-order chi connectivity index (χ1) is 6.66. The summed E-state index contributed by atoms with van der Waals surface area (Å²) in [6.07, 6.45) is 4.55. The summed E-state index contributed by atoms with van der Waals surface area (Å²) in [5.41, 5.74) is 6.95. The molecule has 0 aromatic carbocycles. The van der Waals surface area contributed by atoms with Crippen molar-refractivity contribution in [3.8, 4) is 0 Å². The zero-order chi connectivity index (χ0) is 10.6. The lowest BCUT2D eigenvalue weighted by Crippen LogP contribution is -2.26. The van der Waals surface area contributed by atoms with Crippen LogP contribution in [0.2, 0.25) is 0 Å². The molecule has 0 spiro atoms. The number of carbonyl (C=O) groups excluding carboxylic acids is 1. The maximum atomic E-state index is 11.5. The van der Waals surface area contributed by atoms with Crippen LogP contribution in [0.5, 0.6) is 0 Å². The molecule has 76 valence electrons. The van der Waals surface area contributed by atoms with Gasteiger partial charge in [0.2, 0.25) is 5.91 Å². The van der Waals surface area contributed by atoms with Crippen LogP contribution in [0.3, 0.4) is 0 Å². The normalized spacial score (nSPS) is 9.86. The number of nitrogens with two attached hydrogens (primary N) is 1. The van der Waals surface area contributed by atoms with Crippen molar-refractivity contribution < 1.29 is 4.79 Å². The first-order valence-electron chi connectivity index (χ1n) is 4.62. The molecule has 0 fully saturated rings. The van der Waals surface area contributed by atoms with E-state index < -0.39 is 0 Å². The molecule has 1 aromatic heterocycles. The third-order valence-electron chi connectivity index (χ3n) is 2.03. The van der Waals surface area contributed by atoms with Crippen LogP contribution in [-0.2, 0) is 4.79 Å². The quantitative estimate of drug-likeness (QED) is 0.789. The van der Waals surface area contributed by atoms with Gasteiger partial charge in [-0.1, -0.05) is 6.92 Å². The highest BCUT2D eigenvalue weighted by Crippen LogP contribution is 2.20. The van der Waals surface area contributed by atoms with Crippen molar-refractivity contribution in [3.05, 3.63) is 18.5 Å². The molecule has 4 heteroatoms. The Morgan fingerprint density at radius 1 is 1.64 bits per heavy atom. The average molecular weight is 193 g/mol. The van der Waals surface area contributed by atoms with E-state index in [4.69, 9.17) is 5.73 Å². The Morgan fingerprint density at radius 3 is 2.93 bits per heavy atom. The minimum Gasteiger partial charge on any atom is -0.396 e. The van der Waals surface area contributed by atoms with Gasteiger partial charge < -0.3 is 10.6 Å². The van der Waals surface area contributed by atoms with Crippen LogP contribution in [0, 0.1) is 0 Å². The standard InChI is InChI=1S/C10H15N3O/c1-3-4-10(14)13(2)9-5-6-12-7-8(9)11/h5-7H,3-4,11H2,1-2H3. The summed E-state index contributed by atoms with van der Waals surface area (Å²) >= 11 is 0. The van der Waals surface area contributed by atoms with Crippen molar-refractivity contribution in [1.82, 2.24) is 4.98 Å². The van der Waals surface area contributed by atoms with Gasteiger partial charge in [0.25, 0.3) is 0 Å². The van der Waals surface area contributed by atoms with Gasteiger partial charge in [-0.15, -0.1) is 0 Å². The van der Waals surface area contributed by atoms with Gasteiger partial charge in [0.15, 0.2) is 0 Å². The zero-order valence-electron chi connectivity index (χ0n) is 8.53. The van der Waals surface area contributed by atoms with Crippen LogP contribution in [0.1, 0.15) is 19.8 Å². The molecule has 1 rings (SSSR count). The molecule has 0 aliphatic heterocycles. The number of amides is 1. The lowest BCUT2D eigenvalue weighted by Gasteiger charge is -2.18. The number of nitrogens with zero attached hydrogens (tertiary/aromatic N) is 2. The lowest BCUT2D eigenvalue weighted by molar-refractivity contribution is -0.118. The van der Waals surface area contributed by atoms with Gasteiger partial charge in [-0.3, -0.25) is 9.78 Å². The molecule has 0 saturated heterocycles. The van der Waals surface area contributed by atoms with Crippen LogP contribution in [-0.4, -0.2) is 17.9 Å². The van der Waals surface area contributed by atoms with Crippen molar-refractivity contribution >= 4 is 17.3 Å². The molecule has 1 amide bonds. The average Bonchev–Trinajstić information content (AvgIpc) is 2.18. The molecule has 1 aromatic rings. The maximum Gasteiger partial charge on any atom is 0.226 e. The summed E-state index contributed by atoms with van der Waals surface area (Å²) in [4.78, 5) is 17.0. The molecule has 0 aliphatic rings. The third-order valence-corrected chi connectivity index (χ3v) is 2.03. The molecule has 0 radical (unpaired) electrons. The van der Waals surface area contributed by atoms with E-state index in [2.05, 4.69) is 4.98 Å². The van der Waals surface area contributed by atoms with Crippen LogP contribution >= 0.6 is 0 Å². The number of anilines is 2. The van der Waals surface area contributed by atoms with E-state index in [-0.39, 0.29) is 5.91 Å². The number of pyridine rings is 1. The predicted molar refractivity (Wildman–Crippen MR) is 57.0 cm³/mol. The second-order valence-electron chi connectivity index (χ2n) is 3.14. The molecule has 0 bridgehead atoms. The summed E-state index contributed by atoms with van der Waals surface area (Å²) < 4.78 is 0. The maximum absolute atomic E-state index is 11.5. The van der Waals surface area contributed by atoms with Gasteiger partial charge in [-0.2, -0.15) is 0 Å². The summed E-state index contributed by atoms with van der Waals surface area (Å²) in [7, 11) is 1.73. The number of hydrogen-bond acceptors (Lipinski definition) is 3. The molecule has 2 N–H and O–H groups in total. The fraction of sp³-hybridized carbons (Fsp3) is 0.400. The van der Waals surface area contributed by atoms with E-state index in [9.17, 15) is 4.79 Å². The van der Waals surface area contributed by atoms with Crippen LogP contribution in [0.25, 0.3) is 0 Å². The number of rotatable bonds is 3. The van der Waals surface area contributed by atoms with Crippen molar-refractivity contribution in [1.29, 1.82) is 0 Å². The van der Waals surface area contributed by atoms with E-state index >= 15 is 0 Å². The Kier molecular flexibility index (Phi) is 3.45. The largest absolute Gasteiger partial charge is 0.396 e. The number of hydrogen-bond donors (Lipinski definition) is 1. The summed E-state index contributed by atoms with van der Waals surface area (Å²) in [5.74, 6) is 0.0744. The van der Waals surface area contributed by atoms with Crippen LogP contribution in [0.15, 0.2) is 18.5 Å². The molecule has 0 saturated carbocycles. The first-order valence-corrected chi connectivity index (χ1v) is 4.62. The predicted octanol–water partition coefficient (Wildman–Crippen LogP) is 1.43. The van der Waals surface area contributed by atoms with E-state index in [1.807, 2.05) is 6.92 Å². The lowest BCUT2D eigenvalue weighted by atomic mass is 10.2. The van der Waals surface area contributed by atoms with Crippen LogP contribution in [0.4, 0.5) is 11.4 Å². The van der Waals surface area contributed by atoms with Gasteiger partial charge >= 0.3 is 0 Å². The molecular formula is C10H15N3O. The fourth-order valence-corrected chi connectivity index (χ4v) is 1.22. The monoisotopic (exact) mass is 193 g/mol. The highest BCUT2D eigenvalue weighted by Gasteiger charge is 2.11. The summed E-state index contributed by atoms with van der Waals surface area (Å²) in [6, 6.07) is 1.74. The van der Waals surface area contributed by atoms with Gasteiger partial charge in [0, 0.05) is 19.7 Å². The van der Waals surface area contributed by atoms with Crippen molar-refractivity contribution in [2.24, 2.45) is 0 Å². The van der Waals surface area contributed by atoms with E-state index in [1.54, 1.807) is 30.4 Å². The third kappa shape index (κ3) is 2.22. The Bertz CT molecular complexity index is 325. The van der Waals surface area contributed by atoms with Crippen molar-refractivity contribution in [2.75, 3.05) is 17.7 Å². The molecule has 1 heterocycles. The van der Waals surface area contributed by atoms with Gasteiger partial charge in [-0.05, 0) is 12.5 Å². The minimum absolute atomic E-state index is 0.0744. The molecule has 4 nitrogen and oxygen atoms in total. The Morgan fingerprint density at radius 2 is 2.36 bits per heavy atom. The highest BCUT2D eigenvalue weighted by molar-refractivity contribution is 5.95. The first kappa shape index (κ1) is 10.5. The van der Waals surface area contributed by atoms with E-state index in [0.717, 1.165) is 12.1 Å². The molecule has 14 heavy (non-hydrogen) atoms. The summed E-state index contributed by atoms with van der Waals surface area (Å²) in [5, 5.41) is 0. The number of aromatic nitrogens is 1. The van der Waals surface area contributed by atoms with Crippen LogP contribution < -0.4 is 10.6 Å². The SMILES string of the molecule is CCCC(=O)N(C)c1ccncc1N. The fourth-order valence-electron chi connectivity index (χ4n) is 1.22. The summed E-state index contributed by atoms with van der Waals surface area (Å²) in [6.45, 7) is 1.97. The van der Waals surface area contributed by atoms with Crippen molar-refractivity contribution in [3.63, 3.8) is 0 Å². The highest BCUT2D eigenvalue weighted by atomic mass is 16.2. The topological polar surface area (TPSA) is 59.2 Å². The Labute approximate surface area is 83.7 Å². The van der Waals surface area contributed by atoms with E-state index in [0.29, 0.717) is 12.1 Å². The van der Waals surface area contributed by atoms with Gasteiger partial charge in [-0.25, -0.2) is 0 Å². The minimum atomic E-state index is 0.0744. The Hall–Kier alpha value is -1.58. The van der Waals surface area contributed by atoms with Crippen molar-refractivity contribution in [2.45, 2.75) is 19.8 Å². The second kappa shape index (κ2) is 4.60. The van der Waals surface area contributed by atoms with E-state index in [1.165, 1.54) is 0 Å². The molecule has 0 atom stereocenters. The zero-order valence-corrected chi connectivity index (χ0v) is 8.53. The number of carbonyl (C=O) groups is 1. The number of nitrogen functional groups attached to an aromatic ring is 1. The second-order valence-corrected chi connectivity index (χ2v) is 3.14.